The van der Waals surface area contributed by atoms with Gasteiger partial charge in [-0.05, 0) is 23.7 Å². The van der Waals surface area contributed by atoms with E-state index in [4.69, 9.17) is 15.3 Å². The minimum Gasteiger partial charge on any atom is -0.469 e. The monoisotopic (exact) mass is 422 g/mol. The van der Waals surface area contributed by atoms with Crippen LogP contribution in [-0.2, 0) is 14.3 Å². The number of carbonyl (C=O) groups is 3. The third-order valence-electron chi connectivity index (χ3n) is 3.31. The summed E-state index contributed by atoms with van der Waals surface area (Å²) >= 11 is 7.65. The number of primary amides is 1. The van der Waals surface area contributed by atoms with Crippen molar-refractivity contribution in [3.8, 4) is 0 Å². The van der Waals surface area contributed by atoms with Crippen LogP contribution in [-0.4, -0.2) is 35.4 Å². The Hall–Kier alpha value is -2.85. The number of hydrogen-bond acceptors (Lipinski definition) is 5. The molecule has 0 bridgehead atoms. The Balaban J connectivity index is 0.000000892. The Morgan fingerprint density at radius 3 is 2.29 bits per heavy atom. The van der Waals surface area contributed by atoms with Gasteiger partial charge in [-0.1, -0.05) is 49.0 Å². The highest BCUT2D eigenvalue weighted by Gasteiger charge is 2.08. The van der Waals surface area contributed by atoms with E-state index in [-0.39, 0.29) is 36.4 Å². The maximum atomic E-state index is 12.0. The molecular formula is C18H22N4O4S2. The van der Waals surface area contributed by atoms with Crippen LogP contribution in [0.4, 0.5) is 10.5 Å². The third-order valence-corrected chi connectivity index (χ3v) is 3.43. The number of ether oxygens (including phenoxy) is 1. The van der Waals surface area contributed by atoms with Gasteiger partial charge in [-0.15, -0.1) is 0 Å². The van der Waals surface area contributed by atoms with Crippen molar-refractivity contribution in [1.82, 2.24) is 5.32 Å². The van der Waals surface area contributed by atoms with Crippen LogP contribution in [0.2, 0.25) is 0 Å². The fraction of sp³-hybridized carbons (Fsp3) is 0.222. The quantitative estimate of drug-likeness (QED) is 0.263. The second-order valence-corrected chi connectivity index (χ2v) is 6.27. The van der Waals surface area contributed by atoms with Crippen LogP contribution < -0.4 is 22.1 Å². The maximum absolute atomic E-state index is 12.0. The first-order chi connectivity index (χ1) is 13.3. The highest BCUT2D eigenvalue weighted by molar-refractivity contribution is 7.96. The number of nitrogens with one attached hydrogen (secondary N) is 2. The van der Waals surface area contributed by atoms with Crippen molar-refractivity contribution in [2.45, 2.75) is 12.8 Å². The Morgan fingerprint density at radius 2 is 1.61 bits per heavy atom. The van der Waals surface area contributed by atoms with E-state index in [1.807, 2.05) is 42.5 Å². The number of rotatable bonds is 7. The summed E-state index contributed by atoms with van der Waals surface area (Å²) < 4.78 is 4.85. The lowest BCUT2D eigenvalue weighted by Crippen LogP contribution is -2.29. The number of nitrogens with two attached hydrogens (primary N) is 2. The van der Waals surface area contributed by atoms with Crippen molar-refractivity contribution in [1.29, 1.82) is 0 Å². The van der Waals surface area contributed by atoms with Crippen molar-refractivity contribution in [3.63, 3.8) is 0 Å². The van der Waals surface area contributed by atoms with Gasteiger partial charge in [0.15, 0.2) is 0 Å². The molecule has 0 aliphatic carbocycles. The average molecular weight is 423 g/mol. The van der Waals surface area contributed by atoms with E-state index < -0.39 is 5.24 Å². The van der Waals surface area contributed by atoms with Crippen LogP contribution in [0, 0.1) is 0 Å². The Morgan fingerprint density at radius 1 is 1.00 bits per heavy atom. The molecule has 0 aromatic heterocycles. The summed E-state index contributed by atoms with van der Waals surface area (Å²) in [5.74, 6) is -0.435. The summed E-state index contributed by atoms with van der Waals surface area (Å²) in [7, 11) is 0. The molecule has 6 N–H and O–H groups in total. The van der Waals surface area contributed by atoms with Gasteiger partial charge in [-0.25, -0.2) is 0 Å². The summed E-state index contributed by atoms with van der Waals surface area (Å²) in [4.78, 5) is 32.8. The molecule has 0 fully saturated rings. The van der Waals surface area contributed by atoms with Crippen LogP contribution in [0.25, 0.3) is 10.8 Å². The largest absolute Gasteiger partial charge is 0.469 e. The average Bonchev–Trinajstić information content (AvgIpc) is 2.63. The van der Waals surface area contributed by atoms with Crippen LogP contribution in [0.3, 0.4) is 0 Å². The molecule has 3 amide bonds. The molecule has 0 heterocycles. The summed E-state index contributed by atoms with van der Waals surface area (Å²) in [5.41, 5.74) is 10.2. The molecular weight excluding hydrogens is 400 g/mol. The number of thiocarbonyl (C=S) groups is 1. The van der Waals surface area contributed by atoms with E-state index >= 15 is 0 Å². The highest BCUT2D eigenvalue weighted by atomic mass is 32.1. The minimum atomic E-state index is -0.639. The summed E-state index contributed by atoms with van der Waals surface area (Å²) in [6, 6.07) is 13.5. The zero-order chi connectivity index (χ0) is 20.9. The van der Waals surface area contributed by atoms with Crippen LogP contribution in [0.1, 0.15) is 12.8 Å². The number of anilines is 1. The lowest BCUT2D eigenvalue weighted by Gasteiger charge is -2.09. The molecule has 8 nitrogen and oxygen atoms in total. The third kappa shape index (κ3) is 9.74. The normalized spacial score (nSPS) is 9.61. The van der Waals surface area contributed by atoms with Gasteiger partial charge in [-0.3, -0.25) is 14.4 Å². The SMILES string of the molecule is NC(=O)S.NC(=S)OCCNC(=O)CCC(=O)Nc1cccc2ccccc12. The predicted molar refractivity (Wildman–Crippen MR) is 116 cm³/mol. The fourth-order valence-corrected chi connectivity index (χ4v) is 2.29. The molecule has 0 spiro atoms. The van der Waals surface area contributed by atoms with Crippen molar-refractivity contribution in [3.05, 3.63) is 42.5 Å². The van der Waals surface area contributed by atoms with Crippen molar-refractivity contribution in [2.24, 2.45) is 11.5 Å². The molecule has 28 heavy (non-hydrogen) atoms. The van der Waals surface area contributed by atoms with Gasteiger partial charge >= 0.3 is 0 Å². The summed E-state index contributed by atoms with van der Waals surface area (Å²) in [6.07, 6.45) is 0.203. The van der Waals surface area contributed by atoms with Gasteiger partial charge in [-0.2, -0.15) is 0 Å². The first-order valence-electron chi connectivity index (χ1n) is 8.24. The van der Waals surface area contributed by atoms with Crippen molar-refractivity contribution in [2.75, 3.05) is 18.5 Å². The molecule has 0 aliphatic rings. The van der Waals surface area contributed by atoms with Gasteiger partial charge in [0.05, 0.1) is 6.54 Å². The van der Waals surface area contributed by atoms with Gasteiger partial charge in [0.2, 0.25) is 11.8 Å². The van der Waals surface area contributed by atoms with Gasteiger partial charge in [0, 0.05) is 23.9 Å². The molecule has 2 rings (SSSR count). The van der Waals surface area contributed by atoms with Crippen LogP contribution >= 0.6 is 24.8 Å². The molecule has 10 heteroatoms. The number of hydrogen-bond donors (Lipinski definition) is 5. The van der Waals surface area contributed by atoms with E-state index in [0.717, 1.165) is 16.5 Å². The van der Waals surface area contributed by atoms with E-state index in [9.17, 15) is 9.59 Å². The molecule has 2 aromatic rings. The standard InChI is InChI=1S/C17H19N3O3S.CH3NOS/c18-17(24)23-11-10-19-15(21)8-9-16(22)20-14-7-3-5-12-4-1-2-6-13(12)14;2-1(3)4/h1-7H,8-11H2,(H2,18,24)(H,19,21)(H,20,22);(H3,2,3,4). The second-order valence-electron chi connectivity index (χ2n) is 5.43. The number of benzene rings is 2. The van der Waals surface area contributed by atoms with Gasteiger partial charge < -0.3 is 26.8 Å². The van der Waals surface area contributed by atoms with E-state index in [1.165, 1.54) is 0 Å². The van der Waals surface area contributed by atoms with Crippen molar-refractivity contribution < 1.29 is 19.1 Å². The first kappa shape index (κ1) is 23.2. The van der Waals surface area contributed by atoms with Gasteiger partial charge in [0.25, 0.3) is 10.4 Å². The van der Waals surface area contributed by atoms with E-state index in [2.05, 4.69) is 41.2 Å². The summed E-state index contributed by atoms with van der Waals surface area (Å²) in [5, 5.41) is 6.79. The molecule has 0 saturated heterocycles. The fourth-order valence-electron chi connectivity index (χ4n) is 2.20. The number of fused-ring (bicyclic) bond motifs is 1. The lowest BCUT2D eigenvalue weighted by molar-refractivity contribution is -0.124. The van der Waals surface area contributed by atoms with Crippen LogP contribution in [0.15, 0.2) is 42.5 Å². The molecule has 0 aliphatic heterocycles. The zero-order valence-corrected chi connectivity index (χ0v) is 16.7. The zero-order valence-electron chi connectivity index (χ0n) is 15.0. The maximum Gasteiger partial charge on any atom is 0.273 e. The lowest BCUT2D eigenvalue weighted by atomic mass is 10.1. The topological polar surface area (TPSA) is 137 Å². The Labute approximate surface area is 173 Å². The Kier molecular flexibility index (Phi) is 10.4. The highest BCUT2D eigenvalue weighted by Crippen LogP contribution is 2.23. The minimum absolute atomic E-state index is 0.0567. The number of carbonyl (C=O) groups excluding carboxylic acids is 3. The first-order valence-corrected chi connectivity index (χ1v) is 9.10. The predicted octanol–water partition coefficient (Wildman–Crippen LogP) is 1.93. The molecule has 0 unspecified atom stereocenters. The molecule has 0 radical (unpaired) electrons. The van der Waals surface area contributed by atoms with E-state index in [1.54, 1.807) is 0 Å². The summed E-state index contributed by atoms with van der Waals surface area (Å²) in [6.45, 7) is 0.504. The number of amides is 3. The van der Waals surface area contributed by atoms with Gasteiger partial charge in [0.1, 0.15) is 6.61 Å². The Bertz CT molecular complexity index is 836. The second kappa shape index (κ2) is 12.5. The van der Waals surface area contributed by atoms with Crippen molar-refractivity contribution >= 4 is 63.5 Å². The smallest absolute Gasteiger partial charge is 0.273 e. The van der Waals surface area contributed by atoms with Crippen LogP contribution in [0.5, 0.6) is 0 Å². The van der Waals surface area contributed by atoms with E-state index in [0.29, 0.717) is 6.54 Å². The molecule has 0 atom stereocenters. The molecule has 2 aromatic carbocycles. The number of thiol groups is 1. The molecule has 0 saturated carbocycles. The molecule has 150 valence electrons.